The van der Waals surface area contributed by atoms with Crippen molar-refractivity contribution in [3.8, 4) is 0 Å². The van der Waals surface area contributed by atoms with E-state index in [9.17, 15) is 39.0 Å². The van der Waals surface area contributed by atoms with Crippen LogP contribution in [0.15, 0.2) is 60.7 Å². The number of ketones is 3. The van der Waals surface area contributed by atoms with E-state index in [0.717, 1.165) is 17.5 Å². The highest BCUT2D eigenvalue weighted by atomic mass is 35.5. The first-order valence-corrected chi connectivity index (χ1v) is 22.2. The standard InChI is InChI=1S/C25H39NO5.C13H19NO2.C11H21NO4.ClH/c1-7-11-21(27)23(29)19(15-18-12-9-8-10-13-18)16-22(28)20(14-17(2)3)26-24(30)31-25(4,5)6;1-2-6-12(15)13(16)11(14)9-10-7-4-3-5-8-10;1-7(2)6-8(9(13)14)12-10(15)16-11(3,4)5;/h8-10,12-13,17,19-20,23,29H,7,11,14-16H2,1-6H3,(H,26,30);3-5,7-8,11,13,16H,2,6,9,14H2,1H3;7-8H,6H2,1-5H3,(H,12,15)(H,13,14);1H/t19?,20-,23?;11-,13?;8-;/m000./s1. The van der Waals surface area contributed by atoms with Crippen molar-refractivity contribution in [1.82, 2.24) is 10.6 Å². The van der Waals surface area contributed by atoms with Crippen molar-refractivity contribution in [3.05, 3.63) is 71.8 Å². The van der Waals surface area contributed by atoms with Crippen LogP contribution in [0.3, 0.4) is 0 Å². The number of amides is 2. The lowest BCUT2D eigenvalue weighted by Crippen LogP contribution is -2.45. The van der Waals surface area contributed by atoms with Gasteiger partial charge in [-0.1, -0.05) is 102 Å². The summed E-state index contributed by atoms with van der Waals surface area (Å²) in [5.74, 6) is -1.85. The van der Waals surface area contributed by atoms with Crippen molar-refractivity contribution in [1.29, 1.82) is 0 Å². The van der Waals surface area contributed by atoms with E-state index in [1.54, 1.807) is 41.5 Å². The third-order valence-electron chi connectivity index (χ3n) is 9.11. The molecule has 0 aliphatic carbocycles. The molecule has 2 aromatic rings. The minimum Gasteiger partial charge on any atom is -0.480 e. The van der Waals surface area contributed by atoms with Gasteiger partial charge in [0, 0.05) is 31.2 Å². The van der Waals surface area contributed by atoms with Crippen LogP contribution in [-0.2, 0) is 41.5 Å². The Hall–Kier alpha value is -4.37. The second-order valence-corrected chi connectivity index (χ2v) is 18.8. The van der Waals surface area contributed by atoms with E-state index in [0.29, 0.717) is 38.5 Å². The molecule has 7 N–H and O–H groups in total. The molecule has 364 valence electrons. The predicted octanol–water partition coefficient (Wildman–Crippen LogP) is 8.19. The molecule has 0 fully saturated rings. The maximum Gasteiger partial charge on any atom is 0.408 e. The zero-order chi connectivity index (χ0) is 48.5. The van der Waals surface area contributed by atoms with Crippen molar-refractivity contribution in [2.45, 2.75) is 182 Å². The summed E-state index contributed by atoms with van der Waals surface area (Å²) in [5.41, 5.74) is 6.51. The number of halogens is 1. The summed E-state index contributed by atoms with van der Waals surface area (Å²) in [4.78, 5) is 71.5. The molecule has 0 radical (unpaired) electrons. The molecule has 2 aromatic carbocycles. The monoisotopic (exact) mass is 922 g/mol. The van der Waals surface area contributed by atoms with Gasteiger partial charge in [0.05, 0.1) is 6.04 Å². The highest BCUT2D eigenvalue weighted by molar-refractivity contribution is 5.89. The van der Waals surface area contributed by atoms with Crippen LogP contribution in [0.25, 0.3) is 0 Å². The number of aliphatic carboxylic acids is 1. The van der Waals surface area contributed by atoms with Crippen LogP contribution in [0, 0.1) is 17.8 Å². The zero-order valence-corrected chi connectivity index (χ0v) is 41.2. The Morgan fingerprint density at radius 3 is 1.36 bits per heavy atom. The van der Waals surface area contributed by atoms with Crippen molar-refractivity contribution < 1.29 is 53.6 Å². The number of nitrogens with one attached hydrogen (secondary N) is 2. The molecule has 0 bridgehead atoms. The number of hydrogen-bond acceptors (Lipinski definition) is 11. The number of alkyl carbamates (subject to hydrolysis) is 2. The fraction of sp³-hybridized carbons (Fsp3) is 0.633. The molecule has 0 aromatic heterocycles. The quantitative estimate of drug-likeness (QED) is 0.0657. The summed E-state index contributed by atoms with van der Waals surface area (Å²) in [7, 11) is 0. The molecular weight excluding hydrogens is 842 g/mol. The van der Waals surface area contributed by atoms with Gasteiger partial charge in [-0.05, 0) is 103 Å². The van der Waals surface area contributed by atoms with E-state index < -0.39 is 65.6 Å². The molecule has 0 saturated heterocycles. The number of aliphatic hydroxyl groups excluding tert-OH is 2. The van der Waals surface area contributed by atoms with Gasteiger partial charge < -0.3 is 41.2 Å². The van der Waals surface area contributed by atoms with Gasteiger partial charge in [-0.3, -0.25) is 14.4 Å². The molecule has 0 aliphatic heterocycles. The van der Waals surface area contributed by atoms with Gasteiger partial charge in [0.2, 0.25) is 0 Å². The number of carboxylic acid groups (broad SMARTS) is 1. The number of carbonyl (C=O) groups is 6. The Bertz CT molecular complexity index is 1660. The fourth-order valence-electron chi connectivity index (χ4n) is 6.24. The second kappa shape index (κ2) is 31.5. The highest BCUT2D eigenvalue weighted by Crippen LogP contribution is 2.22. The number of benzene rings is 2. The van der Waals surface area contributed by atoms with Crippen molar-refractivity contribution in [3.63, 3.8) is 0 Å². The number of nitrogens with two attached hydrogens (primary N) is 1. The molecule has 0 spiro atoms. The van der Waals surface area contributed by atoms with Gasteiger partial charge in [-0.15, -0.1) is 12.4 Å². The first-order valence-electron chi connectivity index (χ1n) is 22.2. The third kappa shape index (κ3) is 29.1. The second-order valence-electron chi connectivity index (χ2n) is 18.8. The molecule has 6 atom stereocenters. The molecule has 0 heterocycles. The van der Waals surface area contributed by atoms with E-state index in [2.05, 4.69) is 10.6 Å². The Morgan fingerprint density at radius 2 is 0.984 bits per heavy atom. The molecule has 0 saturated carbocycles. The summed E-state index contributed by atoms with van der Waals surface area (Å²) < 4.78 is 10.3. The van der Waals surface area contributed by atoms with E-state index in [1.165, 1.54) is 0 Å². The fourth-order valence-corrected chi connectivity index (χ4v) is 6.24. The lowest BCUT2D eigenvalue weighted by Gasteiger charge is -2.27. The van der Waals surface area contributed by atoms with Gasteiger partial charge in [0.15, 0.2) is 17.3 Å². The van der Waals surface area contributed by atoms with Crippen molar-refractivity contribution in [2.75, 3.05) is 0 Å². The average Bonchev–Trinajstić information content (AvgIpc) is 3.16. The number of aliphatic hydroxyl groups is 2. The maximum atomic E-state index is 13.2. The maximum absolute atomic E-state index is 13.2. The number of Topliss-reactive ketones (excluding diaryl/α,β-unsaturated/α-hetero) is 3. The Morgan fingerprint density at radius 1 is 0.609 bits per heavy atom. The minimum absolute atomic E-state index is 0. The summed E-state index contributed by atoms with van der Waals surface area (Å²) in [6, 6.07) is 17.0. The number of rotatable bonds is 22. The molecule has 64 heavy (non-hydrogen) atoms. The van der Waals surface area contributed by atoms with Crippen molar-refractivity contribution in [2.24, 2.45) is 23.5 Å². The Kier molecular flexibility index (Phi) is 30.4. The van der Waals surface area contributed by atoms with E-state index in [4.69, 9.17) is 20.3 Å². The van der Waals surface area contributed by atoms with E-state index in [-0.39, 0.29) is 54.4 Å². The smallest absolute Gasteiger partial charge is 0.408 e. The van der Waals surface area contributed by atoms with Crippen LogP contribution in [0.2, 0.25) is 0 Å². The highest BCUT2D eigenvalue weighted by Gasteiger charge is 2.32. The predicted molar refractivity (Wildman–Crippen MR) is 253 cm³/mol. The van der Waals surface area contributed by atoms with Crippen LogP contribution in [0.4, 0.5) is 9.59 Å². The third-order valence-corrected chi connectivity index (χ3v) is 9.11. The first-order chi connectivity index (χ1) is 29.2. The van der Waals surface area contributed by atoms with E-state index >= 15 is 0 Å². The minimum atomic E-state index is -1.22. The molecule has 15 heteroatoms. The lowest BCUT2D eigenvalue weighted by atomic mass is 9.84. The molecule has 0 aliphatic rings. The van der Waals surface area contributed by atoms with Crippen LogP contribution in [0.5, 0.6) is 0 Å². The normalized spacial score (nSPS) is 14.0. The number of ether oxygens (including phenoxy) is 2. The first kappa shape index (κ1) is 61.7. The Labute approximate surface area is 388 Å². The van der Waals surface area contributed by atoms with Crippen molar-refractivity contribution >= 4 is 47.9 Å². The average molecular weight is 923 g/mol. The number of hydrogen-bond donors (Lipinski definition) is 6. The van der Waals surface area contributed by atoms with E-state index in [1.807, 2.05) is 102 Å². The van der Waals surface area contributed by atoms with Crippen LogP contribution in [0.1, 0.15) is 139 Å². The molecule has 3 unspecified atom stereocenters. The van der Waals surface area contributed by atoms with Gasteiger partial charge in [0.25, 0.3) is 0 Å². The van der Waals surface area contributed by atoms with Crippen LogP contribution in [-0.4, -0.2) is 92.4 Å². The topological polar surface area (TPSA) is 232 Å². The summed E-state index contributed by atoms with van der Waals surface area (Å²) >= 11 is 0. The lowest BCUT2D eigenvalue weighted by molar-refractivity contribution is -0.140. The molecule has 14 nitrogen and oxygen atoms in total. The van der Waals surface area contributed by atoms with Gasteiger partial charge in [0.1, 0.15) is 29.5 Å². The number of carboxylic acids is 1. The number of carbonyl (C=O) groups excluding carboxylic acids is 5. The van der Waals surface area contributed by atoms with Gasteiger partial charge in [-0.2, -0.15) is 0 Å². The van der Waals surface area contributed by atoms with Gasteiger partial charge in [-0.25, -0.2) is 14.4 Å². The van der Waals surface area contributed by atoms with Crippen LogP contribution < -0.4 is 16.4 Å². The molecular formula is C49H80ClN3O11. The largest absolute Gasteiger partial charge is 0.480 e. The zero-order valence-electron chi connectivity index (χ0n) is 40.3. The Balaban J connectivity index is 0. The summed E-state index contributed by atoms with van der Waals surface area (Å²) in [5, 5.41) is 34.3. The summed E-state index contributed by atoms with van der Waals surface area (Å²) in [6.07, 6.45) is 0.214. The molecule has 2 rings (SSSR count). The van der Waals surface area contributed by atoms with Crippen LogP contribution >= 0.6 is 12.4 Å². The van der Waals surface area contributed by atoms with Gasteiger partial charge >= 0.3 is 18.2 Å². The SMILES string of the molecule is CC(C)C[C@H](NC(=O)OC(C)(C)C)C(=O)O.CCCC(=O)C(O)C(CC(=O)[C@H](CC(C)C)NC(=O)OC(C)(C)C)Cc1ccccc1.CCCC(=O)C(O)[C@@H](N)Cc1ccccc1.Cl. The molecule has 2 amide bonds. The summed E-state index contributed by atoms with van der Waals surface area (Å²) in [6.45, 7) is 22.0.